The van der Waals surface area contributed by atoms with E-state index in [4.69, 9.17) is 18.9 Å². The molecule has 0 bridgehead atoms. The van der Waals surface area contributed by atoms with Gasteiger partial charge in [-0.25, -0.2) is 0 Å². The minimum Gasteiger partial charge on any atom is -0.468 e. The fourth-order valence-electron chi connectivity index (χ4n) is 7.37. The van der Waals surface area contributed by atoms with E-state index in [1.165, 1.54) is 7.11 Å². The first-order valence-corrected chi connectivity index (χ1v) is 11.1. The highest BCUT2D eigenvalue weighted by Crippen LogP contribution is 2.70. The minimum atomic E-state index is -1.40. The zero-order chi connectivity index (χ0) is 22.2. The third-order valence-electron chi connectivity index (χ3n) is 9.39. The zero-order valence-electron chi connectivity index (χ0n) is 19.1. The summed E-state index contributed by atoms with van der Waals surface area (Å²) >= 11 is 0. The van der Waals surface area contributed by atoms with E-state index in [0.717, 1.165) is 0 Å². The second-order valence-electron chi connectivity index (χ2n) is 10.9. The lowest BCUT2D eigenvalue weighted by Gasteiger charge is -2.66. The first kappa shape index (κ1) is 22.2. The number of rotatable bonds is 2. The molecule has 0 amide bonds. The van der Waals surface area contributed by atoms with E-state index in [9.17, 15) is 14.7 Å². The molecular formula is C23H36O7. The fourth-order valence-corrected chi connectivity index (χ4v) is 7.37. The second kappa shape index (κ2) is 6.74. The van der Waals surface area contributed by atoms with Crippen molar-refractivity contribution in [3.63, 3.8) is 0 Å². The lowest BCUT2D eigenvalue weighted by Crippen LogP contribution is -2.73. The summed E-state index contributed by atoms with van der Waals surface area (Å²) < 4.78 is 23.4. The zero-order valence-corrected chi connectivity index (χ0v) is 19.1. The third kappa shape index (κ3) is 2.52. The molecule has 2 saturated heterocycles. The molecular weight excluding hydrogens is 388 g/mol. The second-order valence-corrected chi connectivity index (χ2v) is 10.9. The Morgan fingerprint density at radius 3 is 2.43 bits per heavy atom. The van der Waals surface area contributed by atoms with Crippen LogP contribution in [0.3, 0.4) is 0 Å². The molecule has 170 valence electrons. The highest BCUT2D eigenvalue weighted by atomic mass is 16.7. The van der Waals surface area contributed by atoms with Crippen LogP contribution >= 0.6 is 0 Å². The van der Waals surface area contributed by atoms with Crippen LogP contribution in [0.25, 0.3) is 0 Å². The molecule has 2 heterocycles. The summed E-state index contributed by atoms with van der Waals surface area (Å²) in [5, 5.41) is 10.8. The molecule has 4 aliphatic rings. The Kier molecular flexibility index (Phi) is 4.98. The number of Topliss-reactive ketones (excluding diaryl/α,β-unsaturated/α-hetero) is 1. The van der Waals surface area contributed by atoms with Gasteiger partial charge in [0.25, 0.3) is 0 Å². The summed E-state index contributed by atoms with van der Waals surface area (Å²) in [5.41, 5.74) is -3.94. The number of esters is 1. The summed E-state index contributed by atoms with van der Waals surface area (Å²) in [6, 6.07) is 0. The lowest BCUT2D eigenvalue weighted by molar-refractivity contribution is -0.273. The number of hydrogen-bond donors (Lipinski definition) is 1. The van der Waals surface area contributed by atoms with Crippen molar-refractivity contribution in [1.82, 2.24) is 0 Å². The topological polar surface area (TPSA) is 91.3 Å². The van der Waals surface area contributed by atoms with Gasteiger partial charge in [-0.05, 0) is 43.9 Å². The molecule has 7 nitrogen and oxygen atoms in total. The monoisotopic (exact) mass is 424 g/mol. The van der Waals surface area contributed by atoms with Gasteiger partial charge in [0, 0.05) is 25.4 Å². The number of aliphatic hydroxyl groups excluding tert-OH is 1. The third-order valence-corrected chi connectivity index (χ3v) is 9.39. The van der Waals surface area contributed by atoms with Crippen LogP contribution in [0.15, 0.2) is 0 Å². The molecule has 2 spiro atoms. The molecule has 0 aromatic heterocycles. The maximum Gasteiger partial charge on any atom is 0.322 e. The van der Waals surface area contributed by atoms with Crippen LogP contribution in [-0.4, -0.2) is 61.3 Å². The highest BCUT2D eigenvalue weighted by molar-refractivity contribution is 6.06. The van der Waals surface area contributed by atoms with Crippen molar-refractivity contribution in [3.8, 4) is 0 Å². The Morgan fingerprint density at radius 2 is 1.83 bits per heavy atom. The SMILES string of the molecule is COC(=O)[C@@]1(C)C(=O)C[C@H]2C(C)(C)[C@H](O)CC[C@]2(C)[C@@]12CC[C@@]1(CO[C@@H](OC)C1)O2. The van der Waals surface area contributed by atoms with Gasteiger partial charge in [-0.1, -0.05) is 20.8 Å². The first-order valence-electron chi connectivity index (χ1n) is 11.1. The number of ether oxygens (including phenoxy) is 4. The van der Waals surface area contributed by atoms with E-state index in [1.54, 1.807) is 14.0 Å². The summed E-state index contributed by atoms with van der Waals surface area (Å²) in [4.78, 5) is 26.9. The molecule has 0 unspecified atom stereocenters. The number of hydrogen-bond acceptors (Lipinski definition) is 7. The summed E-state index contributed by atoms with van der Waals surface area (Å²) in [7, 11) is 2.95. The molecule has 4 fully saturated rings. The molecule has 2 aliphatic carbocycles. The summed E-state index contributed by atoms with van der Waals surface area (Å²) in [5.74, 6) is -0.789. The van der Waals surface area contributed by atoms with Crippen molar-refractivity contribution in [2.75, 3.05) is 20.8 Å². The van der Waals surface area contributed by atoms with E-state index in [-0.39, 0.29) is 24.4 Å². The van der Waals surface area contributed by atoms with Crippen LogP contribution in [0.2, 0.25) is 0 Å². The number of methoxy groups -OCH3 is 2. The van der Waals surface area contributed by atoms with Crippen LogP contribution in [0, 0.1) is 22.2 Å². The Morgan fingerprint density at radius 1 is 1.13 bits per heavy atom. The van der Waals surface area contributed by atoms with Crippen molar-refractivity contribution < 1.29 is 33.6 Å². The van der Waals surface area contributed by atoms with Gasteiger partial charge < -0.3 is 24.1 Å². The van der Waals surface area contributed by atoms with Crippen molar-refractivity contribution in [2.24, 2.45) is 22.2 Å². The van der Waals surface area contributed by atoms with Crippen molar-refractivity contribution in [3.05, 3.63) is 0 Å². The maximum absolute atomic E-state index is 13.7. The maximum atomic E-state index is 13.7. The van der Waals surface area contributed by atoms with Crippen molar-refractivity contribution in [2.45, 2.75) is 89.8 Å². The molecule has 30 heavy (non-hydrogen) atoms. The van der Waals surface area contributed by atoms with Gasteiger partial charge in [-0.3, -0.25) is 9.59 Å². The van der Waals surface area contributed by atoms with Crippen LogP contribution in [0.5, 0.6) is 0 Å². The highest BCUT2D eigenvalue weighted by Gasteiger charge is 2.78. The number of ketones is 1. The van der Waals surface area contributed by atoms with Gasteiger partial charge in [-0.2, -0.15) is 0 Å². The van der Waals surface area contributed by atoms with Gasteiger partial charge in [0.1, 0.15) is 0 Å². The standard InChI is InChI=1S/C23H36O7/c1-19(2)14-11-16(25)21(4,18(26)28-6)23(20(14,3)8-7-15(19)24)10-9-22(30-23)12-17(27-5)29-13-22/h14-15,17,24H,7-13H2,1-6H3/t14-,15+,17+,20-,21+,22+,23-/m0/s1. The van der Waals surface area contributed by atoms with Gasteiger partial charge in [0.15, 0.2) is 17.5 Å². The predicted octanol–water partition coefficient (Wildman–Crippen LogP) is 2.62. The van der Waals surface area contributed by atoms with Gasteiger partial charge in [-0.15, -0.1) is 0 Å². The van der Waals surface area contributed by atoms with Gasteiger partial charge in [0.05, 0.1) is 31.0 Å². The van der Waals surface area contributed by atoms with E-state index in [2.05, 4.69) is 6.92 Å². The molecule has 1 N–H and O–H groups in total. The Hall–Kier alpha value is -1.02. The number of aliphatic hydroxyl groups is 1. The van der Waals surface area contributed by atoms with Crippen LogP contribution in [0.4, 0.5) is 0 Å². The van der Waals surface area contributed by atoms with Crippen LogP contribution < -0.4 is 0 Å². The average molecular weight is 425 g/mol. The Balaban J connectivity index is 1.87. The average Bonchev–Trinajstić information content (AvgIpc) is 3.31. The molecule has 4 rings (SSSR count). The molecule has 7 atom stereocenters. The summed E-state index contributed by atoms with van der Waals surface area (Å²) in [6.07, 6.45) is 2.53. The van der Waals surface area contributed by atoms with E-state index in [1.807, 2.05) is 13.8 Å². The smallest absolute Gasteiger partial charge is 0.322 e. The van der Waals surface area contributed by atoms with E-state index in [0.29, 0.717) is 38.7 Å². The summed E-state index contributed by atoms with van der Waals surface area (Å²) in [6.45, 7) is 8.31. The van der Waals surface area contributed by atoms with Gasteiger partial charge >= 0.3 is 5.97 Å². The quantitative estimate of drug-likeness (QED) is 0.538. The van der Waals surface area contributed by atoms with Crippen molar-refractivity contribution >= 4 is 11.8 Å². The molecule has 0 aromatic carbocycles. The van der Waals surface area contributed by atoms with E-state index >= 15 is 0 Å². The molecule has 0 radical (unpaired) electrons. The number of carbonyl (C=O) groups is 2. The van der Waals surface area contributed by atoms with Gasteiger partial charge in [0.2, 0.25) is 0 Å². The largest absolute Gasteiger partial charge is 0.468 e. The van der Waals surface area contributed by atoms with Crippen molar-refractivity contribution in [1.29, 1.82) is 0 Å². The van der Waals surface area contributed by atoms with E-state index < -0.39 is 39.5 Å². The molecule has 2 saturated carbocycles. The lowest BCUT2D eigenvalue weighted by atomic mass is 9.40. The molecule has 0 aromatic rings. The number of carbonyl (C=O) groups excluding carboxylic acids is 2. The number of fused-ring (bicyclic) bond motifs is 2. The predicted molar refractivity (Wildman–Crippen MR) is 108 cm³/mol. The molecule has 2 aliphatic heterocycles. The normalized spacial score (nSPS) is 50.1. The van der Waals surface area contributed by atoms with Crippen LogP contribution in [0.1, 0.15) is 66.2 Å². The Bertz CT molecular complexity index is 750. The molecule has 7 heteroatoms. The minimum absolute atomic E-state index is 0.102. The van der Waals surface area contributed by atoms with Crippen LogP contribution in [-0.2, 0) is 28.5 Å². The first-order chi connectivity index (χ1) is 13.9. The fraction of sp³-hybridized carbons (Fsp3) is 0.913. The Labute approximate surface area is 178 Å².